The first kappa shape index (κ1) is 17.5. The number of benzene rings is 1. The highest BCUT2D eigenvalue weighted by Crippen LogP contribution is 2.22. The molecule has 21 heavy (non-hydrogen) atoms. The van der Waals surface area contributed by atoms with Gasteiger partial charge < -0.3 is 10.1 Å². The maximum Gasteiger partial charge on any atom is 0.238 e. The molecule has 0 radical (unpaired) electrons. The molecule has 0 fully saturated rings. The Hall–Kier alpha value is -1.60. The number of methoxy groups -OCH3 is 1. The molecule has 1 atom stereocenters. The minimum atomic E-state index is -3.80. The summed E-state index contributed by atoms with van der Waals surface area (Å²) in [7, 11) is -2.34. The minimum absolute atomic E-state index is 0.0342. The van der Waals surface area contributed by atoms with Crippen LogP contribution in [0.1, 0.15) is 25.8 Å². The molecule has 0 spiro atoms. The lowest BCUT2D eigenvalue weighted by molar-refractivity contribution is -0.120. The van der Waals surface area contributed by atoms with E-state index in [4.69, 9.17) is 9.88 Å². The van der Waals surface area contributed by atoms with Gasteiger partial charge in [-0.1, -0.05) is 20.3 Å². The van der Waals surface area contributed by atoms with E-state index in [0.29, 0.717) is 23.8 Å². The van der Waals surface area contributed by atoms with Crippen LogP contribution in [0.15, 0.2) is 23.1 Å². The van der Waals surface area contributed by atoms with Crippen molar-refractivity contribution in [1.82, 2.24) is 5.32 Å². The van der Waals surface area contributed by atoms with Crippen molar-refractivity contribution in [2.75, 3.05) is 13.7 Å². The van der Waals surface area contributed by atoms with E-state index in [-0.39, 0.29) is 17.2 Å². The first-order valence-corrected chi connectivity index (χ1v) is 8.29. The summed E-state index contributed by atoms with van der Waals surface area (Å²) in [5.41, 5.74) is 0.491. The predicted octanol–water partition coefficient (Wildman–Crippen LogP) is 1.05. The number of ether oxygens (including phenoxy) is 1. The highest BCUT2D eigenvalue weighted by molar-refractivity contribution is 7.89. The summed E-state index contributed by atoms with van der Waals surface area (Å²) in [6.45, 7) is 4.68. The van der Waals surface area contributed by atoms with Gasteiger partial charge in [-0.3, -0.25) is 4.79 Å². The van der Waals surface area contributed by atoms with Gasteiger partial charge in [0.2, 0.25) is 15.9 Å². The van der Waals surface area contributed by atoms with Gasteiger partial charge in [-0.05, 0) is 24.1 Å². The molecule has 0 saturated heterocycles. The van der Waals surface area contributed by atoms with Crippen molar-refractivity contribution < 1.29 is 17.9 Å². The molecule has 0 bridgehead atoms. The Morgan fingerprint density at radius 2 is 2.10 bits per heavy atom. The molecule has 1 unspecified atom stereocenters. The summed E-state index contributed by atoms with van der Waals surface area (Å²) < 4.78 is 27.9. The molecule has 7 heteroatoms. The van der Waals surface area contributed by atoms with E-state index in [1.54, 1.807) is 0 Å². The minimum Gasteiger partial charge on any atom is -0.496 e. The Morgan fingerprint density at radius 3 is 2.62 bits per heavy atom. The Bertz CT molecular complexity index is 599. The smallest absolute Gasteiger partial charge is 0.238 e. The number of hydrogen-bond acceptors (Lipinski definition) is 4. The van der Waals surface area contributed by atoms with E-state index < -0.39 is 10.0 Å². The molecule has 0 heterocycles. The number of nitrogens with one attached hydrogen (secondary N) is 1. The van der Waals surface area contributed by atoms with Crippen LogP contribution in [-0.2, 0) is 21.2 Å². The van der Waals surface area contributed by atoms with Gasteiger partial charge in [-0.25, -0.2) is 13.6 Å². The first-order chi connectivity index (χ1) is 9.77. The second-order valence-electron chi connectivity index (χ2n) is 5.01. The van der Waals surface area contributed by atoms with Gasteiger partial charge >= 0.3 is 0 Å². The number of hydrogen-bond donors (Lipinski definition) is 2. The van der Waals surface area contributed by atoms with Crippen LogP contribution in [0.25, 0.3) is 0 Å². The molecule has 0 saturated carbocycles. The lowest BCUT2D eigenvalue weighted by atomic mass is 10.1. The highest BCUT2D eigenvalue weighted by Gasteiger charge is 2.14. The molecule has 0 aliphatic rings. The predicted molar refractivity (Wildman–Crippen MR) is 80.5 cm³/mol. The molecular formula is C14H22N2O4S. The van der Waals surface area contributed by atoms with Crippen LogP contribution in [0, 0.1) is 5.92 Å². The maximum absolute atomic E-state index is 11.9. The average molecular weight is 314 g/mol. The van der Waals surface area contributed by atoms with Crippen LogP contribution in [0.3, 0.4) is 0 Å². The average Bonchev–Trinajstić information content (AvgIpc) is 2.43. The second kappa shape index (κ2) is 7.42. The van der Waals surface area contributed by atoms with Gasteiger partial charge in [-0.2, -0.15) is 0 Å². The molecule has 0 aliphatic heterocycles. The normalized spacial score (nSPS) is 12.8. The molecule has 1 rings (SSSR count). The molecule has 6 nitrogen and oxygen atoms in total. The van der Waals surface area contributed by atoms with Gasteiger partial charge in [-0.15, -0.1) is 0 Å². The fourth-order valence-corrected chi connectivity index (χ4v) is 2.30. The van der Waals surface area contributed by atoms with Crippen molar-refractivity contribution in [2.24, 2.45) is 11.1 Å². The Kier molecular flexibility index (Phi) is 6.17. The zero-order chi connectivity index (χ0) is 16.0. The van der Waals surface area contributed by atoms with E-state index >= 15 is 0 Å². The van der Waals surface area contributed by atoms with Crippen LogP contribution in [0.5, 0.6) is 5.75 Å². The Morgan fingerprint density at radius 1 is 1.43 bits per heavy atom. The van der Waals surface area contributed by atoms with Gasteiger partial charge in [0.15, 0.2) is 0 Å². The van der Waals surface area contributed by atoms with Gasteiger partial charge in [0.1, 0.15) is 5.75 Å². The van der Waals surface area contributed by atoms with Gasteiger partial charge in [0, 0.05) is 12.1 Å². The molecule has 1 aromatic rings. The lowest BCUT2D eigenvalue weighted by Gasteiger charge is -2.12. The van der Waals surface area contributed by atoms with Gasteiger partial charge in [0.25, 0.3) is 0 Å². The van der Waals surface area contributed by atoms with Crippen LogP contribution >= 0.6 is 0 Å². The quantitative estimate of drug-likeness (QED) is 0.786. The summed E-state index contributed by atoms with van der Waals surface area (Å²) >= 11 is 0. The van der Waals surface area contributed by atoms with Crippen LogP contribution < -0.4 is 15.2 Å². The van der Waals surface area contributed by atoms with E-state index in [0.717, 1.165) is 6.42 Å². The van der Waals surface area contributed by atoms with E-state index in [1.807, 2.05) is 6.92 Å². The first-order valence-electron chi connectivity index (χ1n) is 6.74. The number of rotatable bonds is 7. The topological polar surface area (TPSA) is 98.5 Å². The van der Waals surface area contributed by atoms with E-state index in [1.165, 1.54) is 25.3 Å². The number of amides is 1. The number of primary sulfonamides is 1. The molecule has 0 aromatic heterocycles. The van der Waals surface area contributed by atoms with Crippen molar-refractivity contribution >= 4 is 15.9 Å². The van der Waals surface area contributed by atoms with E-state index in [2.05, 4.69) is 12.2 Å². The lowest BCUT2D eigenvalue weighted by Crippen LogP contribution is -2.29. The number of nitrogens with two attached hydrogens (primary N) is 1. The summed E-state index contributed by atoms with van der Waals surface area (Å²) in [6.07, 6.45) is 1.02. The third-order valence-electron chi connectivity index (χ3n) is 3.28. The van der Waals surface area contributed by atoms with Crippen molar-refractivity contribution in [3.05, 3.63) is 23.8 Å². The summed E-state index contributed by atoms with van der Waals surface area (Å²) in [6, 6.07) is 4.22. The van der Waals surface area contributed by atoms with Crippen molar-refractivity contribution in [1.29, 1.82) is 0 Å². The zero-order valence-corrected chi connectivity index (χ0v) is 13.4. The van der Waals surface area contributed by atoms with Crippen LogP contribution in [0.4, 0.5) is 0 Å². The van der Waals surface area contributed by atoms with Crippen LogP contribution in [-0.4, -0.2) is 28.0 Å². The van der Waals surface area contributed by atoms with Crippen molar-refractivity contribution in [3.8, 4) is 5.75 Å². The maximum atomic E-state index is 11.9. The van der Waals surface area contributed by atoms with Gasteiger partial charge in [0.05, 0.1) is 18.4 Å². The molecule has 118 valence electrons. The second-order valence-corrected chi connectivity index (χ2v) is 6.57. The fraction of sp³-hybridized carbons (Fsp3) is 0.500. The number of carbonyl (C=O) groups excluding carboxylic acids is 1. The highest BCUT2D eigenvalue weighted by atomic mass is 32.2. The Balaban J connectivity index is 2.88. The fourth-order valence-electron chi connectivity index (χ4n) is 1.74. The SMILES string of the molecule is CCC(C)CNC(=O)Cc1cc(S(N)(=O)=O)ccc1OC. The molecular weight excluding hydrogens is 292 g/mol. The monoisotopic (exact) mass is 314 g/mol. The van der Waals surface area contributed by atoms with Crippen LogP contribution in [0.2, 0.25) is 0 Å². The number of sulfonamides is 1. The molecule has 1 amide bonds. The number of carbonyl (C=O) groups is 1. The molecule has 3 N–H and O–H groups in total. The third kappa shape index (κ3) is 5.35. The molecule has 0 aliphatic carbocycles. The summed E-state index contributed by atoms with van der Waals surface area (Å²) in [4.78, 5) is 11.9. The largest absolute Gasteiger partial charge is 0.496 e. The van der Waals surface area contributed by atoms with E-state index in [9.17, 15) is 13.2 Å². The molecule has 1 aromatic carbocycles. The van der Waals surface area contributed by atoms with Crippen molar-refractivity contribution in [3.63, 3.8) is 0 Å². The Labute approximate surface area is 125 Å². The standard InChI is InChI=1S/C14H22N2O4S/c1-4-10(2)9-16-14(17)8-11-7-12(21(15,18)19)5-6-13(11)20-3/h5-7,10H,4,8-9H2,1-3H3,(H,16,17)(H2,15,18,19). The summed E-state index contributed by atoms with van der Waals surface area (Å²) in [5.74, 6) is 0.674. The third-order valence-corrected chi connectivity index (χ3v) is 4.19. The summed E-state index contributed by atoms with van der Waals surface area (Å²) in [5, 5.41) is 7.91. The van der Waals surface area contributed by atoms with Crippen molar-refractivity contribution in [2.45, 2.75) is 31.6 Å². The zero-order valence-electron chi connectivity index (χ0n) is 12.5.